The Bertz CT molecular complexity index is 424. The molecule has 1 aromatic rings. The smallest absolute Gasteiger partial charge is 0.364 e. The van der Waals surface area contributed by atoms with Gasteiger partial charge < -0.3 is 10.1 Å². The first-order valence-corrected chi connectivity index (χ1v) is 6.53. The van der Waals surface area contributed by atoms with Crippen molar-refractivity contribution in [2.45, 2.75) is 46.0 Å². The van der Waals surface area contributed by atoms with Crippen LogP contribution in [0.5, 0.6) is 0 Å². The van der Waals surface area contributed by atoms with Gasteiger partial charge in [-0.05, 0) is 26.8 Å². The van der Waals surface area contributed by atoms with Crippen LogP contribution in [0.4, 0.5) is 13.2 Å². The zero-order valence-electron chi connectivity index (χ0n) is 11.9. The van der Waals surface area contributed by atoms with Gasteiger partial charge in [-0.2, -0.15) is 13.2 Å². The molecular weight excluding hydrogens is 271 g/mol. The molecule has 0 amide bonds. The Morgan fingerprint density at radius 2 is 2.10 bits per heavy atom. The van der Waals surface area contributed by atoms with Crippen molar-refractivity contribution < 1.29 is 17.9 Å². The average Bonchev–Trinajstić information content (AvgIpc) is 2.34. The second-order valence-corrected chi connectivity index (χ2v) is 4.61. The highest BCUT2D eigenvalue weighted by Gasteiger charge is 2.27. The first kappa shape index (κ1) is 16.8. The first-order valence-electron chi connectivity index (χ1n) is 6.53. The van der Waals surface area contributed by atoms with Crippen molar-refractivity contribution in [3.8, 4) is 0 Å². The Balaban J connectivity index is 2.59. The molecule has 1 heterocycles. The summed E-state index contributed by atoms with van der Waals surface area (Å²) in [4.78, 5) is 8.22. The normalized spacial score (nSPS) is 13.5. The molecule has 1 unspecified atom stereocenters. The third-order valence-electron chi connectivity index (χ3n) is 2.73. The topological polar surface area (TPSA) is 47.0 Å². The second kappa shape index (κ2) is 7.54. The van der Waals surface area contributed by atoms with Gasteiger partial charge in [-0.15, -0.1) is 0 Å². The van der Waals surface area contributed by atoms with Crippen LogP contribution < -0.4 is 5.32 Å². The molecule has 20 heavy (non-hydrogen) atoms. The lowest BCUT2D eigenvalue weighted by molar-refractivity contribution is -0.177. The van der Waals surface area contributed by atoms with Gasteiger partial charge in [0.1, 0.15) is 13.2 Å². The van der Waals surface area contributed by atoms with Gasteiger partial charge >= 0.3 is 6.18 Å². The van der Waals surface area contributed by atoms with Gasteiger partial charge in [0.15, 0.2) is 5.82 Å². The Morgan fingerprint density at radius 1 is 1.40 bits per heavy atom. The van der Waals surface area contributed by atoms with E-state index >= 15 is 0 Å². The predicted molar refractivity (Wildman–Crippen MR) is 69.2 cm³/mol. The summed E-state index contributed by atoms with van der Waals surface area (Å²) >= 11 is 0. The van der Waals surface area contributed by atoms with Gasteiger partial charge in [0.05, 0.1) is 0 Å². The molecule has 0 spiro atoms. The fourth-order valence-corrected chi connectivity index (χ4v) is 1.75. The van der Waals surface area contributed by atoms with Crippen LogP contribution in [0, 0.1) is 6.92 Å². The maximum Gasteiger partial charge on any atom is 0.411 e. The second-order valence-electron chi connectivity index (χ2n) is 4.61. The number of rotatable bonds is 7. The zero-order chi connectivity index (χ0) is 15.2. The zero-order valence-corrected chi connectivity index (χ0v) is 11.9. The van der Waals surface area contributed by atoms with Gasteiger partial charge in [0, 0.05) is 23.5 Å². The van der Waals surface area contributed by atoms with E-state index in [1.807, 2.05) is 13.8 Å². The van der Waals surface area contributed by atoms with Crippen LogP contribution in [0.15, 0.2) is 6.20 Å². The number of hydrogen-bond donors (Lipinski definition) is 1. The molecule has 0 aliphatic rings. The summed E-state index contributed by atoms with van der Waals surface area (Å²) in [5.74, 6) is 0.262. The Hall–Kier alpha value is -1.21. The summed E-state index contributed by atoms with van der Waals surface area (Å²) in [5, 5.41) is 3.31. The van der Waals surface area contributed by atoms with Crippen molar-refractivity contribution in [3.63, 3.8) is 0 Å². The van der Waals surface area contributed by atoms with Crippen LogP contribution in [0.3, 0.4) is 0 Å². The third-order valence-corrected chi connectivity index (χ3v) is 2.73. The Kier molecular flexibility index (Phi) is 6.35. The molecule has 1 atom stereocenters. The van der Waals surface area contributed by atoms with Crippen molar-refractivity contribution in [1.82, 2.24) is 15.3 Å². The summed E-state index contributed by atoms with van der Waals surface area (Å²) in [5.41, 5.74) is 1.69. The molecular formula is C13H20F3N3O. The number of halogens is 3. The summed E-state index contributed by atoms with van der Waals surface area (Å²) < 4.78 is 40.4. The van der Waals surface area contributed by atoms with Crippen molar-refractivity contribution in [2.75, 3.05) is 13.2 Å². The van der Waals surface area contributed by atoms with E-state index in [0.29, 0.717) is 0 Å². The highest BCUT2D eigenvalue weighted by atomic mass is 19.4. The molecule has 0 aromatic carbocycles. The van der Waals surface area contributed by atoms with E-state index < -0.39 is 12.8 Å². The predicted octanol–water partition coefficient (Wildman–Crippen LogP) is 2.92. The minimum absolute atomic E-state index is 0.111. The summed E-state index contributed by atoms with van der Waals surface area (Å²) in [6.07, 6.45) is -1.66. The molecule has 0 saturated heterocycles. The number of aryl methyl sites for hydroxylation is 1. The van der Waals surface area contributed by atoms with Crippen LogP contribution in [-0.4, -0.2) is 29.3 Å². The summed E-state index contributed by atoms with van der Waals surface area (Å²) in [7, 11) is 0. The van der Waals surface area contributed by atoms with Crippen molar-refractivity contribution in [2.24, 2.45) is 0 Å². The minimum Gasteiger partial charge on any atom is -0.364 e. The number of hydrogen-bond acceptors (Lipinski definition) is 4. The van der Waals surface area contributed by atoms with Crippen LogP contribution in [0.1, 0.15) is 43.4 Å². The van der Waals surface area contributed by atoms with E-state index in [9.17, 15) is 13.2 Å². The molecule has 4 nitrogen and oxygen atoms in total. The molecule has 0 aliphatic carbocycles. The van der Waals surface area contributed by atoms with Gasteiger partial charge in [-0.1, -0.05) is 6.92 Å². The third kappa shape index (κ3) is 5.83. The van der Waals surface area contributed by atoms with Crippen LogP contribution in [-0.2, 0) is 11.3 Å². The van der Waals surface area contributed by atoms with E-state index in [1.165, 1.54) is 0 Å². The number of ether oxygens (including phenoxy) is 1. The summed E-state index contributed by atoms with van der Waals surface area (Å²) in [6, 6.07) is 0.111. The number of nitrogens with one attached hydrogen (secondary N) is 1. The van der Waals surface area contributed by atoms with Gasteiger partial charge in [0.25, 0.3) is 0 Å². The molecule has 1 rings (SSSR count). The van der Waals surface area contributed by atoms with Gasteiger partial charge in [-0.3, -0.25) is 0 Å². The molecule has 7 heteroatoms. The monoisotopic (exact) mass is 291 g/mol. The Morgan fingerprint density at radius 3 is 2.65 bits per heavy atom. The van der Waals surface area contributed by atoms with Crippen LogP contribution in [0.2, 0.25) is 0 Å². The standard InChI is InChI=1S/C13H20F3N3O/c1-4-5-17-9(2)11-6-18-12(19-10(11)3)7-20-8-13(14,15)16/h6,9,17H,4-5,7-8H2,1-3H3. The number of nitrogens with zero attached hydrogens (tertiary/aromatic N) is 2. The molecule has 1 aromatic heterocycles. The van der Waals surface area contributed by atoms with Crippen LogP contribution >= 0.6 is 0 Å². The average molecular weight is 291 g/mol. The quantitative estimate of drug-likeness (QED) is 0.839. The lowest BCUT2D eigenvalue weighted by Crippen LogP contribution is -2.21. The van der Waals surface area contributed by atoms with Crippen molar-refractivity contribution in [3.05, 3.63) is 23.3 Å². The van der Waals surface area contributed by atoms with E-state index in [4.69, 9.17) is 0 Å². The summed E-state index contributed by atoms with van der Waals surface area (Å²) in [6.45, 7) is 5.25. The van der Waals surface area contributed by atoms with E-state index in [2.05, 4.69) is 26.9 Å². The van der Waals surface area contributed by atoms with E-state index in [-0.39, 0.29) is 18.5 Å². The van der Waals surface area contributed by atoms with Gasteiger partial charge in [-0.25, -0.2) is 9.97 Å². The lowest BCUT2D eigenvalue weighted by Gasteiger charge is -2.15. The molecule has 0 aliphatic heterocycles. The van der Waals surface area contributed by atoms with Crippen molar-refractivity contribution >= 4 is 0 Å². The molecule has 1 N–H and O–H groups in total. The van der Waals surface area contributed by atoms with E-state index in [1.54, 1.807) is 6.20 Å². The van der Waals surface area contributed by atoms with Gasteiger partial charge in [0.2, 0.25) is 0 Å². The first-order chi connectivity index (χ1) is 9.33. The number of aromatic nitrogens is 2. The lowest BCUT2D eigenvalue weighted by atomic mass is 10.1. The maximum atomic E-state index is 12.0. The molecule has 0 saturated carbocycles. The minimum atomic E-state index is -4.33. The van der Waals surface area contributed by atoms with E-state index in [0.717, 1.165) is 24.2 Å². The molecule has 0 fully saturated rings. The fourth-order valence-electron chi connectivity index (χ4n) is 1.75. The maximum absolute atomic E-state index is 12.0. The largest absolute Gasteiger partial charge is 0.411 e. The molecule has 0 bridgehead atoms. The Labute approximate surface area is 116 Å². The highest BCUT2D eigenvalue weighted by molar-refractivity contribution is 5.19. The molecule has 114 valence electrons. The molecule has 0 radical (unpaired) electrons. The highest BCUT2D eigenvalue weighted by Crippen LogP contribution is 2.17. The number of alkyl halides is 3. The SMILES string of the molecule is CCCNC(C)c1cnc(COCC(F)(F)F)nc1C. The fraction of sp³-hybridized carbons (Fsp3) is 0.692. The van der Waals surface area contributed by atoms with Crippen molar-refractivity contribution in [1.29, 1.82) is 0 Å². The van der Waals surface area contributed by atoms with Crippen LogP contribution in [0.25, 0.3) is 0 Å².